The molecule has 3 rings (SSSR count). The van der Waals surface area contributed by atoms with Gasteiger partial charge in [0.15, 0.2) is 0 Å². The van der Waals surface area contributed by atoms with Crippen molar-refractivity contribution < 1.29 is 14.3 Å². The number of benzene rings is 2. The fourth-order valence-corrected chi connectivity index (χ4v) is 3.77. The minimum absolute atomic E-state index is 0.0703. The maximum atomic E-state index is 13.1. The topological polar surface area (TPSA) is 53.1 Å². The molecule has 1 heterocycles. The van der Waals surface area contributed by atoms with E-state index in [2.05, 4.69) is 41.8 Å². The molecule has 6 nitrogen and oxygen atoms in total. The van der Waals surface area contributed by atoms with E-state index >= 15 is 0 Å². The van der Waals surface area contributed by atoms with Crippen molar-refractivity contribution in [2.24, 2.45) is 0 Å². The molecule has 1 amide bonds. The summed E-state index contributed by atoms with van der Waals surface area (Å²) in [5.41, 5.74) is 4.59. The average Bonchev–Trinajstić information content (AvgIpc) is 2.75. The second kappa shape index (κ2) is 10.3. The van der Waals surface area contributed by atoms with Crippen LogP contribution in [0.4, 0.5) is 11.4 Å². The number of piperazine rings is 1. The number of para-hydroxylation sites is 1. The van der Waals surface area contributed by atoms with Gasteiger partial charge in [0.25, 0.3) is 0 Å². The number of carbonyl (C=O) groups excluding carboxylic acids is 2. The standard InChI is InChI=1S/C24H31N3O3/c1-4-30-24(29)18-27(21-10-6-5-7-11-21)23(28)17-25-13-15-26(16-14-25)22-12-8-9-19(2)20(22)3/h5-12H,4,13-18H2,1-3H3. The minimum atomic E-state index is -0.394. The van der Waals surface area contributed by atoms with Gasteiger partial charge < -0.3 is 14.5 Å². The average molecular weight is 410 g/mol. The molecule has 2 aromatic carbocycles. The molecule has 160 valence electrons. The predicted octanol–water partition coefficient (Wildman–Crippen LogP) is 3.02. The van der Waals surface area contributed by atoms with Crippen LogP contribution in [0.25, 0.3) is 0 Å². The van der Waals surface area contributed by atoms with E-state index in [1.165, 1.54) is 21.7 Å². The van der Waals surface area contributed by atoms with Crippen LogP contribution in [0.3, 0.4) is 0 Å². The summed E-state index contributed by atoms with van der Waals surface area (Å²) in [7, 11) is 0. The highest BCUT2D eigenvalue weighted by molar-refractivity contribution is 5.98. The first-order valence-corrected chi connectivity index (χ1v) is 10.5. The fraction of sp³-hybridized carbons (Fsp3) is 0.417. The third-order valence-electron chi connectivity index (χ3n) is 5.61. The summed E-state index contributed by atoms with van der Waals surface area (Å²) in [6.45, 7) is 9.94. The zero-order valence-electron chi connectivity index (χ0n) is 18.1. The maximum absolute atomic E-state index is 13.1. The molecule has 0 aromatic heterocycles. The third kappa shape index (κ3) is 5.39. The van der Waals surface area contributed by atoms with Crippen LogP contribution in [0.5, 0.6) is 0 Å². The van der Waals surface area contributed by atoms with Gasteiger partial charge in [-0.05, 0) is 50.1 Å². The lowest BCUT2D eigenvalue weighted by molar-refractivity contribution is -0.142. The lowest BCUT2D eigenvalue weighted by Gasteiger charge is -2.37. The van der Waals surface area contributed by atoms with Gasteiger partial charge in [0.1, 0.15) is 6.54 Å². The number of anilines is 2. The molecule has 0 N–H and O–H groups in total. The summed E-state index contributed by atoms with van der Waals surface area (Å²) in [4.78, 5) is 31.2. The van der Waals surface area contributed by atoms with E-state index in [1.807, 2.05) is 30.3 Å². The summed E-state index contributed by atoms with van der Waals surface area (Å²) in [5, 5.41) is 0. The van der Waals surface area contributed by atoms with Gasteiger partial charge in [0.2, 0.25) is 5.91 Å². The first-order chi connectivity index (χ1) is 14.5. The Balaban J connectivity index is 1.62. The molecule has 1 fully saturated rings. The van der Waals surface area contributed by atoms with Crippen molar-refractivity contribution in [3.05, 3.63) is 59.7 Å². The Morgan fingerprint density at radius 3 is 2.33 bits per heavy atom. The number of esters is 1. The fourth-order valence-electron chi connectivity index (χ4n) is 3.77. The quantitative estimate of drug-likeness (QED) is 0.658. The lowest BCUT2D eigenvalue weighted by Crippen LogP contribution is -2.51. The number of amides is 1. The van der Waals surface area contributed by atoms with E-state index in [0.717, 1.165) is 26.2 Å². The number of nitrogens with zero attached hydrogens (tertiary/aromatic N) is 3. The predicted molar refractivity (Wildman–Crippen MR) is 120 cm³/mol. The van der Waals surface area contributed by atoms with Crippen LogP contribution in [0.1, 0.15) is 18.1 Å². The van der Waals surface area contributed by atoms with Crippen LogP contribution < -0.4 is 9.80 Å². The van der Waals surface area contributed by atoms with Gasteiger partial charge in [-0.3, -0.25) is 14.5 Å². The van der Waals surface area contributed by atoms with Crippen molar-refractivity contribution in [3.8, 4) is 0 Å². The number of hydrogen-bond acceptors (Lipinski definition) is 5. The van der Waals surface area contributed by atoms with Gasteiger partial charge in [-0.1, -0.05) is 30.3 Å². The van der Waals surface area contributed by atoms with Crippen molar-refractivity contribution >= 4 is 23.3 Å². The SMILES string of the molecule is CCOC(=O)CN(C(=O)CN1CCN(c2cccc(C)c2C)CC1)c1ccccc1. The summed E-state index contributed by atoms with van der Waals surface area (Å²) < 4.78 is 5.06. The zero-order chi connectivity index (χ0) is 21.5. The van der Waals surface area contributed by atoms with Gasteiger partial charge in [0.05, 0.1) is 13.2 Å². The second-order valence-corrected chi connectivity index (χ2v) is 7.60. The van der Waals surface area contributed by atoms with Gasteiger partial charge in [-0.25, -0.2) is 0 Å². The summed E-state index contributed by atoms with van der Waals surface area (Å²) in [6.07, 6.45) is 0. The summed E-state index contributed by atoms with van der Waals surface area (Å²) in [5.74, 6) is -0.483. The monoisotopic (exact) mass is 409 g/mol. The van der Waals surface area contributed by atoms with Crippen LogP contribution in [0.15, 0.2) is 48.5 Å². The lowest BCUT2D eigenvalue weighted by atomic mass is 10.1. The molecule has 0 aliphatic carbocycles. The van der Waals surface area contributed by atoms with Crippen molar-refractivity contribution in [2.75, 3.05) is 55.7 Å². The molecule has 1 saturated heterocycles. The number of hydrogen-bond donors (Lipinski definition) is 0. The molecule has 0 saturated carbocycles. The number of carbonyl (C=O) groups is 2. The van der Waals surface area contributed by atoms with Crippen LogP contribution >= 0.6 is 0 Å². The van der Waals surface area contributed by atoms with Crippen molar-refractivity contribution in [1.29, 1.82) is 0 Å². The maximum Gasteiger partial charge on any atom is 0.326 e. The first kappa shape index (κ1) is 21.8. The number of ether oxygens (including phenoxy) is 1. The van der Waals surface area contributed by atoms with Crippen LogP contribution in [-0.2, 0) is 14.3 Å². The molecule has 1 aliphatic heterocycles. The van der Waals surface area contributed by atoms with E-state index in [1.54, 1.807) is 6.92 Å². The van der Waals surface area contributed by atoms with E-state index in [4.69, 9.17) is 4.74 Å². The highest BCUT2D eigenvalue weighted by atomic mass is 16.5. The minimum Gasteiger partial charge on any atom is -0.465 e. The molecular formula is C24H31N3O3. The van der Waals surface area contributed by atoms with Crippen molar-refractivity contribution in [3.63, 3.8) is 0 Å². The smallest absolute Gasteiger partial charge is 0.326 e. The van der Waals surface area contributed by atoms with Crippen molar-refractivity contribution in [1.82, 2.24) is 4.90 Å². The van der Waals surface area contributed by atoms with Gasteiger partial charge in [0, 0.05) is 37.6 Å². The molecular weight excluding hydrogens is 378 g/mol. The number of aryl methyl sites for hydroxylation is 1. The molecule has 0 atom stereocenters. The third-order valence-corrected chi connectivity index (χ3v) is 5.61. The van der Waals surface area contributed by atoms with E-state index < -0.39 is 5.97 Å². The van der Waals surface area contributed by atoms with Crippen LogP contribution in [0, 0.1) is 13.8 Å². The molecule has 6 heteroatoms. The summed E-state index contributed by atoms with van der Waals surface area (Å²) in [6, 6.07) is 15.7. The van der Waals surface area contributed by atoms with Gasteiger partial charge in [-0.15, -0.1) is 0 Å². The Kier molecular flexibility index (Phi) is 7.46. The molecule has 2 aromatic rings. The first-order valence-electron chi connectivity index (χ1n) is 10.5. The van der Waals surface area contributed by atoms with Crippen LogP contribution in [-0.4, -0.2) is 62.7 Å². The van der Waals surface area contributed by atoms with E-state index in [-0.39, 0.29) is 19.0 Å². The Morgan fingerprint density at radius 2 is 1.67 bits per heavy atom. The van der Waals surface area contributed by atoms with Gasteiger partial charge >= 0.3 is 5.97 Å². The highest BCUT2D eigenvalue weighted by Crippen LogP contribution is 2.24. The number of rotatable bonds is 7. The molecule has 0 radical (unpaired) electrons. The molecule has 30 heavy (non-hydrogen) atoms. The van der Waals surface area contributed by atoms with E-state index in [0.29, 0.717) is 12.3 Å². The molecule has 0 bridgehead atoms. The second-order valence-electron chi connectivity index (χ2n) is 7.60. The Morgan fingerprint density at radius 1 is 0.967 bits per heavy atom. The Bertz CT molecular complexity index is 861. The van der Waals surface area contributed by atoms with E-state index in [9.17, 15) is 9.59 Å². The van der Waals surface area contributed by atoms with Crippen molar-refractivity contribution in [2.45, 2.75) is 20.8 Å². The summed E-state index contributed by atoms with van der Waals surface area (Å²) >= 11 is 0. The van der Waals surface area contributed by atoms with Gasteiger partial charge in [-0.2, -0.15) is 0 Å². The molecule has 1 aliphatic rings. The van der Waals surface area contributed by atoms with Crippen LogP contribution in [0.2, 0.25) is 0 Å². The Labute approximate surface area is 179 Å². The highest BCUT2D eigenvalue weighted by Gasteiger charge is 2.25. The molecule has 0 unspecified atom stereocenters. The molecule has 0 spiro atoms. The zero-order valence-corrected chi connectivity index (χ0v) is 18.1. The largest absolute Gasteiger partial charge is 0.465 e. The normalized spacial score (nSPS) is 14.4. The Hall–Kier alpha value is -2.86.